The molecular weight excluding hydrogens is 348 g/mol. The zero-order valence-corrected chi connectivity index (χ0v) is 15.2. The van der Waals surface area contributed by atoms with Gasteiger partial charge in [0.1, 0.15) is 6.07 Å². The molecule has 0 spiro atoms. The molecule has 2 aromatic heterocycles. The second-order valence-corrected chi connectivity index (χ2v) is 6.31. The Kier molecular flexibility index (Phi) is 5.07. The average Bonchev–Trinajstić information content (AvgIpc) is 3.28. The zero-order chi connectivity index (χ0) is 19.2. The molecule has 0 saturated carbocycles. The van der Waals surface area contributed by atoms with Crippen LogP contribution in [0.5, 0.6) is 0 Å². The van der Waals surface area contributed by atoms with Crippen molar-refractivity contribution in [1.82, 2.24) is 19.5 Å². The Morgan fingerprint density at radius 3 is 2.57 bits per heavy atom. The van der Waals surface area contributed by atoms with Crippen LogP contribution in [0.4, 0.5) is 11.6 Å². The number of aryl methyl sites for hydroxylation is 2. The first-order valence-electron chi connectivity index (χ1n) is 8.96. The van der Waals surface area contributed by atoms with Gasteiger partial charge < -0.3 is 9.88 Å². The minimum absolute atomic E-state index is 0.451. The van der Waals surface area contributed by atoms with E-state index in [-0.39, 0.29) is 0 Å². The molecular formula is C22H18N6. The zero-order valence-electron chi connectivity index (χ0n) is 15.2. The van der Waals surface area contributed by atoms with Gasteiger partial charge in [-0.15, -0.1) is 0 Å². The molecule has 2 heterocycles. The lowest BCUT2D eigenvalue weighted by Crippen LogP contribution is -2.01. The van der Waals surface area contributed by atoms with Gasteiger partial charge in [0.05, 0.1) is 23.8 Å². The van der Waals surface area contributed by atoms with Crippen molar-refractivity contribution in [2.24, 2.45) is 0 Å². The van der Waals surface area contributed by atoms with E-state index in [4.69, 9.17) is 0 Å². The topological polar surface area (TPSA) is 79.4 Å². The molecule has 4 aromatic rings. The van der Waals surface area contributed by atoms with Crippen LogP contribution in [0.3, 0.4) is 0 Å². The van der Waals surface area contributed by atoms with Gasteiger partial charge in [-0.2, -0.15) is 5.26 Å². The Morgan fingerprint density at radius 1 is 1.04 bits per heavy atom. The summed E-state index contributed by atoms with van der Waals surface area (Å²) in [6.07, 6.45) is 8.05. The summed E-state index contributed by atoms with van der Waals surface area (Å²) in [4.78, 5) is 12.9. The first-order valence-corrected chi connectivity index (χ1v) is 8.96. The predicted octanol–water partition coefficient (Wildman–Crippen LogP) is 4.20. The van der Waals surface area contributed by atoms with Crippen LogP contribution in [0.1, 0.15) is 11.1 Å². The van der Waals surface area contributed by atoms with Gasteiger partial charge in [-0.05, 0) is 24.1 Å². The summed E-state index contributed by atoms with van der Waals surface area (Å²) in [5.41, 5.74) is 4.10. The van der Waals surface area contributed by atoms with E-state index < -0.39 is 0 Å². The van der Waals surface area contributed by atoms with Crippen LogP contribution in [0, 0.1) is 11.3 Å². The second-order valence-electron chi connectivity index (χ2n) is 6.31. The third-order valence-corrected chi connectivity index (χ3v) is 4.38. The summed E-state index contributed by atoms with van der Waals surface area (Å²) in [7, 11) is 0. The molecule has 0 unspecified atom stereocenters. The molecule has 0 aliphatic heterocycles. The van der Waals surface area contributed by atoms with Gasteiger partial charge >= 0.3 is 0 Å². The van der Waals surface area contributed by atoms with Crippen LogP contribution < -0.4 is 5.32 Å². The highest BCUT2D eigenvalue weighted by molar-refractivity contribution is 5.68. The average molecular weight is 366 g/mol. The summed E-state index contributed by atoms with van der Waals surface area (Å²) >= 11 is 0. The molecule has 0 atom stereocenters. The number of imidazole rings is 1. The van der Waals surface area contributed by atoms with E-state index in [0.717, 1.165) is 24.2 Å². The molecule has 0 bridgehead atoms. The lowest BCUT2D eigenvalue weighted by atomic mass is 10.1. The number of aromatic nitrogens is 4. The van der Waals surface area contributed by atoms with Crippen molar-refractivity contribution in [3.05, 3.63) is 90.6 Å². The second kappa shape index (κ2) is 8.14. The van der Waals surface area contributed by atoms with Crippen molar-refractivity contribution < 1.29 is 0 Å². The summed E-state index contributed by atoms with van der Waals surface area (Å²) in [5.74, 6) is 0.462. The first-order chi connectivity index (χ1) is 13.8. The summed E-state index contributed by atoms with van der Waals surface area (Å²) < 4.78 is 2.06. The van der Waals surface area contributed by atoms with Gasteiger partial charge in [0.15, 0.2) is 0 Å². The molecule has 0 saturated heterocycles. The highest BCUT2D eigenvalue weighted by atomic mass is 15.1. The van der Waals surface area contributed by atoms with Crippen molar-refractivity contribution in [3.8, 4) is 17.3 Å². The van der Waals surface area contributed by atoms with E-state index in [9.17, 15) is 5.26 Å². The largest absolute Gasteiger partial charge is 0.337 e. The molecule has 0 aliphatic carbocycles. The van der Waals surface area contributed by atoms with Crippen LogP contribution in [0.15, 0.2) is 79.5 Å². The molecule has 1 N–H and O–H groups in total. The molecule has 0 aliphatic rings. The highest BCUT2D eigenvalue weighted by Crippen LogP contribution is 2.23. The third kappa shape index (κ3) is 4.05. The van der Waals surface area contributed by atoms with Crippen LogP contribution >= 0.6 is 0 Å². The van der Waals surface area contributed by atoms with Crippen LogP contribution in [0.25, 0.3) is 11.3 Å². The number of anilines is 2. The van der Waals surface area contributed by atoms with Crippen molar-refractivity contribution in [1.29, 1.82) is 5.26 Å². The maximum atomic E-state index is 9.35. The SMILES string of the molecule is N#Cc1cnc(Nc2ccc(CCn3ccnc3)cc2)nc1-c1ccccc1. The quantitative estimate of drug-likeness (QED) is 0.553. The van der Waals surface area contributed by atoms with E-state index in [1.54, 1.807) is 12.4 Å². The monoisotopic (exact) mass is 366 g/mol. The Labute approximate surface area is 163 Å². The van der Waals surface area contributed by atoms with Crippen molar-refractivity contribution >= 4 is 11.6 Å². The first kappa shape index (κ1) is 17.4. The van der Waals surface area contributed by atoms with Crippen LogP contribution in [0.2, 0.25) is 0 Å². The Bertz CT molecular complexity index is 1080. The molecule has 0 amide bonds. The van der Waals surface area contributed by atoms with Gasteiger partial charge in [-0.25, -0.2) is 15.0 Å². The lowest BCUT2D eigenvalue weighted by Gasteiger charge is -2.09. The lowest BCUT2D eigenvalue weighted by molar-refractivity contribution is 0.696. The van der Waals surface area contributed by atoms with Crippen LogP contribution in [-0.2, 0) is 13.0 Å². The summed E-state index contributed by atoms with van der Waals surface area (Å²) in [6, 6.07) is 20.0. The minimum atomic E-state index is 0.451. The molecule has 0 fully saturated rings. The number of benzene rings is 2. The smallest absolute Gasteiger partial charge is 0.227 e. The number of nitrogens with one attached hydrogen (secondary N) is 1. The molecule has 6 heteroatoms. The van der Waals surface area contributed by atoms with Crippen molar-refractivity contribution in [3.63, 3.8) is 0 Å². The minimum Gasteiger partial charge on any atom is -0.337 e. The van der Waals surface area contributed by atoms with Crippen molar-refractivity contribution in [2.45, 2.75) is 13.0 Å². The third-order valence-electron chi connectivity index (χ3n) is 4.38. The van der Waals surface area contributed by atoms with Gasteiger partial charge in [-0.1, -0.05) is 42.5 Å². The van der Waals surface area contributed by atoms with Gasteiger partial charge in [0.2, 0.25) is 5.95 Å². The standard InChI is InChI=1S/C22H18N6/c23-14-19-15-25-22(27-21(19)18-4-2-1-3-5-18)26-20-8-6-17(7-9-20)10-12-28-13-11-24-16-28/h1-9,11,13,15-16H,10,12H2,(H,25,26,27). The Hall–Kier alpha value is -3.98. The van der Waals surface area contributed by atoms with Crippen LogP contribution in [-0.4, -0.2) is 19.5 Å². The Balaban J connectivity index is 1.49. The fraction of sp³-hybridized carbons (Fsp3) is 0.0909. The van der Waals surface area contributed by atoms with Gasteiger partial charge in [0.25, 0.3) is 0 Å². The number of rotatable bonds is 6. The molecule has 28 heavy (non-hydrogen) atoms. The van der Waals surface area contributed by atoms with Crippen molar-refractivity contribution in [2.75, 3.05) is 5.32 Å². The van der Waals surface area contributed by atoms with E-state index >= 15 is 0 Å². The number of hydrogen-bond donors (Lipinski definition) is 1. The summed E-state index contributed by atoms with van der Waals surface area (Å²) in [6.45, 7) is 0.895. The fourth-order valence-corrected chi connectivity index (χ4v) is 2.90. The number of nitrogens with zero attached hydrogens (tertiary/aromatic N) is 5. The van der Waals surface area contributed by atoms with E-state index in [1.807, 2.05) is 55.0 Å². The van der Waals surface area contributed by atoms with E-state index in [0.29, 0.717) is 17.2 Å². The highest BCUT2D eigenvalue weighted by Gasteiger charge is 2.09. The summed E-state index contributed by atoms with van der Waals surface area (Å²) in [5, 5.41) is 12.6. The predicted molar refractivity (Wildman–Crippen MR) is 108 cm³/mol. The van der Waals surface area contributed by atoms with E-state index in [1.165, 1.54) is 5.56 Å². The van der Waals surface area contributed by atoms with Gasteiger partial charge in [0, 0.05) is 30.2 Å². The number of nitriles is 1. The maximum absolute atomic E-state index is 9.35. The normalized spacial score (nSPS) is 10.4. The molecule has 4 rings (SSSR count). The van der Waals surface area contributed by atoms with Gasteiger partial charge in [-0.3, -0.25) is 0 Å². The molecule has 0 radical (unpaired) electrons. The number of hydrogen-bond acceptors (Lipinski definition) is 5. The van der Waals surface area contributed by atoms with E-state index in [2.05, 4.69) is 43.0 Å². The Morgan fingerprint density at radius 2 is 1.86 bits per heavy atom. The maximum Gasteiger partial charge on any atom is 0.227 e. The molecule has 6 nitrogen and oxygen atoms in total. The fourth-order valence-electron chi connectivity index (χ4n) is 2.90. The molecule has 136 valence electrons. The molecule has 2 aromatic carbocycles.